The summed E-state index contributed by atoms with van der Waals surface area (Å²) in [5.74, 6) is 0.696. The summed E-state index contributed by atoms with van der Waals surface area (Å²) in [4.78, 5) is 16.4. The minimum Gasteiger partial charge on any atom is -0.390 e. The van der Waals surface area contributed by atoms with Crippen LogP contribution in [0.15, 0.2) is 70.7 Å². The molecule has 6 nitrogen and oxygen atoms in total. The van der Waals surface area contributed by atoms with Crippen LogP contribution in [0, 0.1) is 0 Å². The summed E-state index contributed by atoms with van der Waals surface area (Å²) in [7, 11) is 0. The molecule has 1 atom stereocenters. The normalized spacial score (nSPS) is 17.3. The molecule has 178 valence electrons. The first-order valence-corrected chi connectivity index (χ1v) is 11.9. The maximum Gasteiger partial charge on any atom is 0.416 e. The van der Waals surface area contributed by atoms with Crippen molar-refractivity contribution in [1.29, 1.82) is 0 Å². The zero-order valence-electron chi connectivity index (χ0n) is 18.3. The number of β-amino-alcohol motifs (C(OH)–C–C–N with tert-alkyl or cyclic N) is 1. The van der Waals surface area contributed by atoms with E-state index in [1.54, 1.807) is 18.5 Å². The van der Waals surface area contributed by atoms with E-state index in [1.165, 1.54) is 23.9 Å². The van der Waals surface area contributed by atoms with Crippen molar-refractivity contribution in [3.63, 3.8) is 0 Å². The van der Waals surface area contributed by atoms with Crippen molar-refractivity contribution >= 4 is 29.1 Å². The Hall–Kier alpha value is -2.82. The zero-order chi connectivity index (χ0) is 23.7. The van der Waals surface area contributed by atoms with E-state index in [4.69, 9.17) is 0 Å². The van der Waals surface area contributed by atoms with E-state index in [0.29, 0.717) is 18.2 Å². The van der Waals surface area contributed by atoms with Gasteiger partial charge < -0.3 is 14.9 Å². The van der Waals surface area contributed by atoms with Crippen LogP contribution in [0.5, 0.6) is 0 Å². The van der Waals surface area contributed by atoms with Crippen molar-refractivity contribution < 1.29 is 18.3 Å². The summed E-state index contributed by atoms with van der Waals surface area (Å²) in [6.45, 7) is 3.63. The Balaban J connectivity index is 1.30. The molecule has 3 heterocycles. The van der Waals surface area contributed by atoms with Crippen molar-refractivity contribution in [2.24, 2.45) is 0 Å². The average Bonchev–Trinajstić information content (AvgIpc) is 2.84. The number of aliphatic hydroxyl groups excluding tert-OH is 1. The molecule has 0 aliphatic carbocycles. The highest BCUT2D eigenvalue weighted by Gasteiger charge is 2.34. The minimum atomic E-state index is -4.43. The number of piperazine rings is 1. The van der Waals surface area contributed by atoms with Crippen LogP contribution >= 0.6 is 11.8 Å². The Morgan fingerprint density at radius 3 is 2.32 bits per heavy atom. The van der Waals surface area contributed by atoms with Crippen molar-refractivity contribution in [2.75, 3.05) is 49.1 Å². The van der Waals surface area contributed by atoms with Crippen molar-refractivity contribution in [3.05, 3.63) is 66.5 Å². The summed E-state index contributed by atoms with van der Waals surface area (Å²) in [5, 5.41) is 11.0. The monoisotopic (exact) mass is 487 g/mol. The second kappa shape index (κ2) is 9.44. The molecule has 0 radical (unpaired) electrons. The van der Waals surface area contributed by atoms with Crippen molar-refractivity contribution in [2.45, 2.75) is 22.1 Å². The average molecular weight is 488 g/mol. The minimum absolute atomic E-state index is 0.202. The molecule has 0 saturated carbocycles. The lowest BCUT2D eigenvalue weighted by atomic mass is 10.1. The van der Waals surface area contributed by atoms with Gasteiger partial charge in [0.2, 0.25) is 5.95 Å². The largest absolute Gasteiger partial charge is 0.416 e. The fraction of sp³-hybridized carbons (Fsp3) is 0.333. The van der Waals surface area contributed by atoms with Crippen LogP contribution in [0.3, 0.4) is 0 Å². The summed E-state index contributed by atoms with van der Waals surface area (Å²) >= 11 is 1.45. The Morgan fingerprint density at radius 1 is 0.882 bits per heavy atom. The van der Waals surface area contributed by atoms with Gasteiger partial charge in [0.15, 0.2) is 0 Å². The molecule has 2 aliphatic rings. The number of aliphatic hydroxyl groups is 1. The number of fused-ring (bicyclic) bond motifs is 2. The number of hydrogen-bond acceptors (Lipinski definition) is 7. The molecule has 5 rings (SSSR count). The number of hydrogen-bond donors (Lipinski definition) is 1. The zero-order valence-corrected chi connectivity index (χ0v) is 19.1. The molecule has 0 spiro atoms. The van der Waals surface area contributed by atoms with Crippen molar-refractivity contribution in [1.82, 2.24) is 14.9 Å². The molecular formula is C24H24F3N5OS. The number of para-hydroxylation sites is 1. The predicted molar refractivity (Wildman–Crippen MR) is 126 cm³/mol. The van der Waals surface area contributed by atoms with E-state index < -0.39 is 17.8 Å². The third-order valence-corrected chi connectivity index (χ3v) is 7.15. The maximum atomic E-state index is 13.4. The van der Waals surface area contributed by atoms with Crippen LogP contribution in [0.25, 0.3) is 0 Å². The van der Waals surface area contributed by atoms with Gasteiger partial charge in [-0.25, -0.2) is 9.97 Å². The van der Waals surface area contributed by atoms with Gasteiger partial charge in [0.1, 0.15) is 0 Å². The fourth-order valence-corrected chi connectivity index (χ4v) is 5.43. The van der Waals surface area contributed by atoms with E-state index in [9.17, 15) is 18.3 Å². The molecule has 1 N–H and O–H groups in total. The molecule has 10 heteroatoms. The van der Waals surface area contributed by atoms with E-state index in [2.05, 4.69) is 19.8 Å². The molecule has 34 heavy (non-hydrogen) atoms. The van der Waals surface area contributed by atoms with Gasteiger partial charge in [-0.3, -0.25) is 4.90 Å². The van der Waals surface area contributed by atoms with Gasteiger partial charge in [-0.1, -0.05) is 23.9 Å². The molecule has 3 aromatic rings. The Labute approximate surface area is 200 Å². The van der Waals surface area contributed by atoms with Gasteiger partial charge in [0.05, 0.1) is 29.6 Å². The van der Waals surface area contributed by atoms with E-state index in [0.717, 1.165) is 47.7 Å². The van der Waals surface area contributed by atoms with Crippen LogP contribution in [-0.4, -0.2) is 65.3 Å². The molecule has 1 aromatic heterocycles. The molecule has 1 fully saturated rings. The standard InChI is InChI=1S/C24H24F3N5OS/c25-24(26,27)17-6-7-22-20(14-17)32(19-4-1-2-5-21(19)34-22)16-18(33)15-30-10-12-31(13-11-30)23-28-8-3-9-29-23/h1-9,14,18,33H,10-13,15-16H2. The summed E-state index contributed by atoms with van der Waals surface area (Å²) < 4.78 is 40.2. The highest BCUT2D eigenvalue weighted by atomic mass is 32.2. The Kier molecular flexibility index (Phi) is 6.37. The topological polar surface area (TPSA) is 55.7 Å². The number of anilines is 3. The number of aromatic nitrogens is 2. The van der Waals surface area contributed by atoms with Gasteiger partial charge in [-0.15, -0.1) is 0 Å². The summed E-state index contributed by atoms with van der Waals surface area (Å²) in [6.07, 6.45) is -1.73. The first kappa shape index (κ1) is 22.9. The third-order valence-electron chi connectivity index (χ3n) is 6.02. The second-order valence-electron chi connectivity index (χ2n) is 8.35. The fourth-order valence-electron chi connectivity index (χ4n) is 4.35. The van der Waals surface area contributed by atoms with E-state index in [-0.39, 0.29) is 6.54 Å². The molecule has 1 unspecified atom stereocenters. The van der Waals surface area contributed by atoms with Crippen LogP contribution in [0.2, 0.25) is 0 Å². The highest BCUT2D eigenvalue weighted by Crippen LogP contribution is 2.49. The smallest absolute Gasteiger partial charge is 0.390 e. The van der Waals surface area contributed by atoms with E-state index >= 15 is 0 Å². The SMILES string of the molecule is OC(CN1CCN(c2ncccn2)CC1)CN1c2ccccc2Sc2ccc(C(F)(F)F)cc21. The lowest BCUT2D eigenvalue weighted by molar-refractivity contribution is -0.137. The maximum absolute atomic E-state index is 13.4. The van der Waals surface area contributed by atoms with Gasteiger partial charge in [-0.05, 0) is 36.4 Å². The number of benzene rings is 2. The lowest BCUT2D eigenvalue weighted by Crippen LogP contribution is -2.50. The molecule has 0 bridgehead atoms. The van der Waals surface area contributed by atoms with Gasteiger partial charge in [-0.2, -0.15) is 13.2 Å². The van der Waals surface area contributed by atoms with Crippen LogP contribution < -0.4 is 9.80 Å². The first-order valence-electron chi connectivity index (χ1n) is 11.1. The quantitative estimate of drug-likeness (QED) is 0.577. The third kappa shape index (κ3) is 4.84. The molecule has 2 aliphatic heterocycles. The van der Waals surface area contributed by atoms with Crippen molar-refractivity contribution in [3.8, 4) is 0 Å². The predicted octanol–water partition coefficient (Wildman–Crippen LogP) is 4.28. The Morgan fingerprint density at radius 2 is 1.59 bits per heavy atom. The second-order valence-corrected chi connectivity index (χ2v) is 9.43. The lowest BCUT2D eigenvalue weighted by Gasteiger charge is -2.38. The number of rotatable bonds is 5. The Bertz CT molecular complexity index is 1140. The van der Waals surface area contributed by atoms with Gasteiger partial charge in [0, 0.05) is 54.9 Å². The molecule has 0 amide bonds. The van der Waals surface area contributed by atoms with Crippen LogP contribution in [-0.2, 0) is 6.18 Å². The van der Waals surface area contributed by atoms with Crippen LogP contribution in [0.4, 0.5) is 30.5 Å². The highest BCUT2D eigenvalue weighted by molar-refractivity contribution is 7.99. The van der Waals surface area contributed by atoms with Crippen LogP contribution in [0.1, 0.15) is 5.56 Å². The summed E-state index contributed by atoms with van der Waals surface area (Å²) in [5.41, 5.74) is 0.595. The molecule has 2 aromatic carbocycles. The number of nitrogens with zero attached hydrogens (tertiary/aromatic N) is 5. The molecular weight excluding hydrogens is 463 g/mol. The molecule has 1 saturated heterocycles. The summed E-state index contributed by atoms with van der Waals surface area (Å²) in [6, 6.07) is 13.2. The van der Waals surface area contributed by atoms with Gasteiger partial charge >= 0.3 is 6.18 Å². The first-order chi connectivity index (χ1) is 16.4. The number of halogens is 3. The van der Waals surface area contributed by atoms with Gasteiger partial charge in [0.25, 0.3) is 0 Å². The van der Waals surface area contributed by atoms with E-state index in [1.807, 2.05) is 29.2 Å². The number of alkyl halides is 3.